The lowest BCUT2D eigenvalue weighted by Gasteiger charge is -2.04. The first kappa shape index (κ1) is 9.58. The van der Waals surface area contributed by atoms with Crippen molar-refractivity contribution in [3.8, 4) is 5.75 Å². The van der Waals surface area contributed by atoms with E-state index in [2.05, 4.69) is 5.32 Å². The largest absolute Gasteiger partial charge is 0.494 e. The normalized spacial score (nSPS) is 9.38. The summed E-state index contributed by atoms with van der Waals surface area (Å²) in [4.78, 5) is 10.7. The summed E-state index contributed by atoms with van der Waals surface area (Å²) in [7, 11) is 0. The van der Waals surface area contributed by atoms with Crippen LogP contribution in [0.4, 0.5) is 5.69 Å². The molecule has 0 radical (unpaired) electrons. The van der Waals surface area contributed by atoms with Gasteiger partial charge in [-0.2, -0.15) is 0 Å². The van der Waals surface area contributed by atoms with E-state index in [0.29, 0.717) is 6.61 Å². The van der Waals surface area contributed by atoms with Gasteiger partial charge in [-0.05, 0) is 31.2 Å². The van der Waals surface area contributed by atoms with Crippen molar-refractivity contribution < 1.29 is 9.53 Å². The molecule has 0 aliphatic heterocycles. The van der Waals surface area contributed by atoms with Gasteiger partial charge in [0.05, 0.1) is 6.61 Å². The van der Waals surface area contributed by atoms with E-state index in [4.69, 9.17) is 4.74 Å². The van der Waals surface area contributed by atoms with Crippen LogP contribution in [-0.4, -0.2) is 12.5 Å². The number of carbonyl (C=O) groups is 1. The number of amides is 1. The minimum atomic E-state index is -0.0656. The molecule has 0 saturated heterocycles. The van der Waals surface area contributed by atoms with Crippen molar-refractivity contribution in [1.29, 1.82) is 0 Å². The van der Waals surface area contributed by atoms with Crippen molar-refractivity contribution >= 4 is 11.6 Å². The fourth-order valence-electron chi connectivity index (χ4n) is 1.00. The van der Waals surface area contributed by atoms with Crippen molar-refractivity contribution in [3.63, 3.8) is 0 Å². The number of rotatable bonds is 3. The molecule has 0 aliphatic rings. The van der Waals surface area contributed by atoms with E-state index >= 15 is 0 Å². The Morgan fingerprint density at radius 1 is 1.38 bits per heavy atom. The molecule has 0 unspecified atom stereocenters. The molecule has 0 bridgehead atoms. The Morgan fingerprint density at radius 3 is 2.46 bits per heavy atom. The second kappa shape index (κ2) is 4.50. The van der Waals surface area contributed by atoms with Gasteiger partial charge in [0.25, 0.3) is 0 Å². The van der Waals surface area contributed by atoms with E-state index in [1.807, 2.05) is 31.2 Å². The molecule has 13 heavy (non-hydrogen) atoms. The van der Waals surface area contributed by atoms with Gasteiger partial charge in [-0.3, -0.25) is 4.79 Å². The Hall–Kier alpha value is -1.51. The van der Waals surface area contributed by atoms with Gasteiger partial charge in [0.2, 0.25) is 5.91 Å². The molecule has 0 saturated carbocycles. The van der Waals surface area contributed by atoms with Crippen LogP contribution < -0.4 is 10.1 Å². The third-order valence-electron chi connectivity index (χ3n) is 1.49. The summed E-state index contributed by atoms with van der Waals surface area (Å²) < 4.78 is 5.25. The fourth-order valence-corrected chi connectivity index (χ4v) is 1.00. The zero-order chi connectivity index (χ0) is 9.68. The highest BCUT2D eigenvalue weighted by atomic mass is 16.5. The molecule has 1 N–H and O–H groups in total. The lowest BCUT2D eigenvalue weighted by molar-refractivity contribution is -0.114. The molecule has 0 aliphatic carbocycles. The van der Waals surface area contributed by atoms with Crippen LogP contribution in [0.25, 0.3) is 0 Å². The summed E-state index contributed by atoms with van der Waals surface area (Å²) in [6.07, 6.45) is 0. The van der Waals surface area contributed by atoms with Crippen molar-refractivity contribution in [2.45, 2.75) is 13.8 Å². The molecular weight excluding hydrogens is 167 g/mol. The highest BCUT2D eigenvalue weighted by molar-refractivity contribution is 5.88. The monoisotopic (exact) mass is 180 g/mol. The predicted octanol–water partition coefficient (Wildman–Crippen LogP) is 2.04. The van der Waals surface area contributed by atoms with Crippen LogP contribution in [0.2, 0.25) is 0 Å². The molecular formula is C10H13NO2. The van der Waals surface area contributed by atoms with E-state index in [0.717, 1.165) is 11.4 Å². The van der Waals surface area contributed by atoms with Gasteiger partial charge in [-0.1, -0.05) is 0 Å². The number of nitrogens with one attached hydrogen (secondary N) is 1. The maximum atomic E-state index is 10.7. The van der Waals surface area contributed by atoms with E-state index < -0.39 is 0 Å². The van der Waals surface area contributed by atoms with E-state index in [-0.39, 0.29) is 5.91 Å². The van der Waals surface area contributed by atoms with Gasteiger partial charge in [0.15, 0.2) is 0 Å². The molecule has 1 amide bonds. The summed E-state index contributed by atoms with van der Waals surface area (Å²) in [5.74, 6) is 0.751. The fraction of sp³-hybridized carbons (Fsp3) is 0.300. The Kier molecular flexibility index (Phi) is 3.31. The van der Waals surface area contributed by atoms with E-state index in [1.165, 1.54) is 6.92 Å². The van der Waals surface area contributed by atoms with Crippen molar-refractivity contribution in [2.75, 3.05) is 11.9 Å². The first-order valence-electron chi connectivity index (χ1n) is 4.23. The van der Waals surface area contributed by atoms with Crippen LogP contribution in [0, 0.1) is 0 Å². The molecule has 3 nitrogen and oxygen atoms in total. The highest BCUT2D eigenvalue weighted by Crippen LogP contribution is 2.15. The topological polar surface area (TPSA) is 38.3 Å². The average molecular weight is 180 g/mol. The molecule has 0 spiro atoms. The number of ether oxygens (including phenoxy) is 1. The molecule has 1 aromatic rings. The van der Waals surface area contributed by atoms with E-state index in [1.54, 1.807) is 0 Å². The molecule has 3 heteroatoms. The summed E-state index contributed by atoms with van der Waals surface area (Å²) in [6.45, 7) is 4.07. The minimum absolute atomic E-state index is 0.0656. The molecule has 0 aromatic heterocycles. The molecule has 0 heterocycles. The number of benzene rings is 1. The average Bonchev–Trinajstić information content (AvgIpc) is 2.08. The Bertz CT molecular complexity index is 279. The second-order valence-corrected chi connectivity index (χ2v) is 2.64. The van der Waals surface area contributed by atoms with Gasteiger partial charge < -0.3 is 10.1 Å². The van der Waals surface area contributed by atoms with Crippen LogP contribution in [0.3, 0.4) is 0 Å². The van der Waals surface area contributed by atoms with Crippen LogP contribution in [-0.2, 0) is 4.79 Å². The van der Waals surface area contributed by atoms with Crippen LogP contribution in [0.5, 0.6) is 5.75 Å². The number of hydrogen-bond donors (Lipinski definition) is 1. The zero-order valence-corrected chi connectivity index (χ0v) is 7.83. The summed E-state index contributed by atoms with van der Waals surface area (Å²) in [5, 5.41) is 2.68. The van der Waals surface area contributed by atoms with Gasteiger partial charge in [-0.15, -0.1) is 0 Å². The Balaban J connectivity index is 2.64. The molecule has 70 valence electrons. The van der Waals surface area contributed by atoms with Crippen molar-refractivity contribution in [3.05, 3.63) is 24.3 Å². The summed E-state index contributed by atoms with van der Waals surface area (Å²) >= 11 is 0. The SMILES string of the molecule is C[13CH2]Oc1ccc(NC(C)=O)cc1. The highest BCUT2D eigenvalue weighted by Gasteiger charge is 1.95. The van der Waals surface area contributed by atoms with Crippen LogP contribution in [0.15, 0.2) is 24.3 Å². The van der Waals surface area contributed by atoms with Gasteiger partial charge in [0, 0.05) is 12.6 Å². The van der Waals surface area contributed by atoms with Gasteiger partial charge in [0.1, 0.15) is 5.75 Å². The Morgan fingerprint density at radius 2 is 2.00 bits per heavy atom. The van der Waals surface area contributed by atoms with E-state index in [9.17, 15) is 4.79 Å². The number of anilines is 1. The van der Waals surface area contributed by atoms with Crippen LogP contribution in [0.1, 0.15) is 13.8 Å². The standard InChI is InChI=1S/C10H13NO2/c1-3-13-10-6-4-9(5-7-10)11-8(2)12/h4-7H,3H2,1-2H3,(H,11,12)/i3+1. The third kappa shape index (κ3) is 3.15. The van der Waals surface area contributed by atoms with Gasteiger partial charge in [-0.25, -0.2) is 0 Å². The molecule has 1 rings (SSSR count). The van der Waals surface area contributed by atoms with Crippen LogP contribution >= 0.6 is 0 Å². The lowest BCUT2D eigenvalue weighted by atomic mass is 10.3. The van der Waals surface area contributed by atoms with Crippen molar-refractivity contribution in [2.24, 2.45) is 0 Å². The minimum Gasteiger partial charge on any atom is -0.494 e. The maximum absolute atomic E-state index is 10.7. The quantitative estimate of drug-likeness (QED) is 0.723. The Labute approximate surface area is 77.7 Å². The molecule has 1 aromatic carbocycles. The predicted molar refractivity (Wildman–Crippen MR) is 51.9 cm³/mol. The maximum Gasteiger partial charge on any atom is 0.221 e. The summed E-state index contributed by atoms with van der Waals surface area (Å²) in [5.41, 5.74) is 0.788. The first-order chi connectivity index (χ1) is 6.22. The lowest BCUT2D eigenvalue weighted by Crippen LogP contribution is -2.05. The third-order valence-corrected chi connectivity index (χ3v) is 1.49. The van der Waals surface area contributed by atoms with Gasteiger partial charge >= 0.3 is 0 Å². The first-order valence-corrected chi connectivity index (χ1v) is 4.23. The zero-order valence-electron chi connectivity index (χ0n) is 7.83. The summed E-state index contributed by atoms with van der Waals surface area (Å²) in [6, 6.07) is 7.28. The molecule has 0 fully saturated rings. The number of hydrogen-bond acceptors (Lipinski definition) is 2. The smallest absolute Gasteiger partial charge is 0.221 e. The number of carbonyl (C=O) groups excluding carboxylic acids is 1. The van der Waals surface area contributed by atoms with Crippen molar-refractivity contribution in [1.82, 2.24) is 0 Å². The second-order valence-electron chi connectivity index (χ2n) is 2.64. The molecule has 0 atom stereocenters.